The second kappa shape index (κ2) is 7.01. The lowest BCUT2D eigenvalue weighted by Gasteiger charge is -2.08. The topological polar surface area (TPSA) is 65.2 Å². The van der Waals surface area contributed by atoms with Crippen molar-refractivity contribution < 1.29 is 9.78 Å². The smallest absolute Gasteiger partial charge is 0.325 e. The van der Waals surface area contributed by atoms with Crippen LogP contribution < -0.4 is 15.9 Å². The number of thioether (sulfide) groups is 1. The molecule has 0 aliphatic carbocycles. The minimum absolute atomic E-state index is 0.0458. The summed E-state index contributed by atoms with van der Waals surface area (Å²) in [7, 11) is 1.72. The number of nitrogens with zero attached hydrogens (tertiary/aromatic N) is 1. The van der Waals surface area contributed by atoms with E-state index >= 15 is 0 Å². The summed E-state index contributed by atoms with van der Waals surface area (Å²) in [6.07, 6.45) is 0. The van der Waals surface area contributed by atoms with Gasteiger partial charge in [-0.05, 0) is 55.8 Å². The number of aryl methyl sites for hydroxylation is 3. The Labute approximate surface area is 154 Å². The van der Waals surface area contributed by atoms with Crippen LogP contribution in [-0.4, -0.2) is 16.2 Å². The summed E-state index contributed by atoms with van der Waals surface area (Å²) in [5, 5.41) is 4.30. The summed E-state index contributed by atoms with van der Waals surface area (Å²) in [5.74, 6) is 0.134. The number of nitrogens with one attached hydrogen (secondary N) is 2. The van der Waals surface area contributed by atoms with E-state index in [2.05, 4.69) is 10.3 Å². The lowest BCUT2D eigenvalue weighted by Crippen LogP contribution is -2.27. The highest BCUT2D eigenvalue weighted by Crippen LogP contribution is 2.21. The number of hydrogen-bond donors (Lipinski definition) is 1. The maximum absolute atomic E-state index is 12.4. The highest BCUT2D eigenvalue weighted by molar-refractivity contribution is 7.99. The van der Waals surface area contributed by atoms with Crippen LogP contribution in [0.5, 0.6) is 0 Å². The highest BCUT2D eigenvalue weighted by atomic mass is 32.2. The van der Waals surface area contributed by atoms with Gasteiger partial charge in [-0.1, -0.05) is 23.5 Å². The first-order valence-electron chi connectivity index (χ1n) is 7.87. The van der Waals surface area contributed by atoms with Crippen molar-refractivity contribution in [3.63, 3.8) is 0 Å². The van der Waals surface area contributed by atoms with Crippen molar-refractivity contribution in [2.75, 3.05) is 11.1 Å². The number of carbonyl (C=O) groups is 1. The van der Waals surface area contributed by atoms with Crippen molar-refractivity contribution in [1.29, 1.82) is 0 Å². The molecule has 1 amide bonds. The van der Waals surface area contributed by atoms with Crippen molar-refractivity contribution in [3.05, 3.63) is 50.6 Å². The first-order valence-corrected chi connectivity index (χ1v) is 9.67. The van der Waals surface area contributed by atoms with Crippen molar-refractivity contribution in [1.82, 2.24) is 4.57 Å². The number of H-pyrrole nitrogens is 1. The van der Waals surface area contributed by atoms with Gasteiger partial charge >= 0.3 is 10.7 Å². The number of carbonyl (C=O) groups excluding carboxylic acids is 1. The molecule has 0 saturated carbocycles. The van der Waals surface area contributed by atoms with Gasteiger partial charge in [-0.15, -0.1) is 0 Å². The molecule has 0 aliphatic heterocycles. The van der Waals surface area contributed by atoms with E-state index in [9.17, 15) is 9.59 Å². The first-order chi connectivity index (χ1) is 11.8. The molecule has 2 N–H and O–H groups in total. The van der Waals surface area contributed by atoms with E-state index in [1.807, 2.05) is 45.0 Å². The van der Waals surface area contributed by atoms with Gasteiger partial charge in [-0.3, -0.25) is 4.79 Å². The van der Waals surface area contributed by atoms with Crippen molar-refractivity contribution in [2.24, 2.45) is 7.05 Å². The standard InChI is InChI=1S/C18H19N3O2S2/c1-10-5-6-11(2)14(7-10)19-15(22)9-24-18-20-16-13(8-12(3)25-16)17(23)21(18)4/h5-8H,9H2,1-4H3,(H,19,22)/p+1. The molecule has 25 heavy (non-hydrogen) atoms. The van der Waals surface area contributed by atoms with Crippen LogP contribution in [0, 0.1) is 20.8 Å². The van der Waals surface area contributed by atoms with E-state index in [0.717, 1.165) is 26.5 Å². The molecule has 2 heterocycles. The third kappa shape index (κ3) is 3.77. The molecule has 5 nitrogen and oxygen atoms in total. The molecular formula is C18H20N3O2S2+. The van der Waals surface area contributed by atoms with Crippen molar-refractivity contribution >= 4 is 44.9 Å². The fourth-order valence-corrected chi connectivity index (χ4v) is 4.30. The van der Waals surface area contributed by atoms with Gasteiger partial charge in [-0.25, -0.2) is 9.78 Å². The molecule has 0 fully saturated rings. The molecule has 2 aromatic heterocycles. The Morgan fingerprint density at radius 2 is 2.04 bits per heavy atom. The van der Waals surface area contributed by atoms with E-state index in [4.69, 9.17) is 0 Å². The van der Waals surface area contributed by atoms with Gasteiger partial charge in [0.25, 0.3) is 0 Å². The van der Waals surface area contributed by atoms with Gasteiger partial charge < -0.3 is 5.32 Å². The molecule has 0 saturated heterocycles. The zero-order chi connectivity index (χ0) is 18.1. The normalized spacial score (nSPS) is 11.0. The Balaban J connectivity index is 1.76. The zero-order valence-electron chi connectivity index (χ0n) is 14.6. The van der Waals surface area contributed by atoms with Crippen molar-refractivity contribution in [2.45, 2.75) is 25.9 Å². The molecular weight excluding hydrogens is 354 g/mol. The van der Waals surface area contributed by atoms with Gasteiger partial charge in [0, 0.05) is 10.6 Å². The maximum atomic E-state index is 12.4. The van der Waals surface area contributed by atoms with Crippen LogP contribution in [0.15, 0.2) is 34.2 Å². The summed E-state index contributed by atoms with van der Waals surface area (Å²) >= 11 is 2.87. The SMILES string of the molecule is Cc1ccc(C)c(NC(=O)CSc2[nH+]c3sc(C)cc3c(=O)n2C)c1. The predicted octanol–water partition coefficient (Wildman–Crippen LogP) is 3.07. The van der Waals surface area contributed by atoms with E-state index < -0.39 is 0 Å². The Kier molecular flexibility index (Phi) is 4.96. The molecule has 0 radical (unpaired) electrons. The van der Waals surface area contributed by atoms with E-state index in [-0.39, 0.29) is 17.2 Å². The van der Waals surface area contributed by atoms with Gasteiger partial charge in [0.2, 0.25) is 5.91 Å². The van der Waals surface area contributed by atoms with E-state index in [1.165, 1.54) is 11.8 Å². The Hall–Kier alpha value is -2.12. The van der Waals surface area contributed by atoms with E-state index in [0.29, 0.717) is 10.5 Å². The van der Waals surface area contributed by atoms with E-state index in [1.54, 1.807) is 23.0 Å². The van der Waals surface area contributed by atoms with Crippen LogP contribution in [0.25, 0.3) is 10.2 Å². The summed E-state index contributed by atoms with van der Waals surface area (Å²) in [6, 6.07) is 7.85. The molecule has 0 atom stereocenters. The van der Waals surface area contributed by atoms with Gasteiger partial charge in [0.15, 0.2) is 4.83 Å². The Morgan fingerprint density at radius 1 is 1.28 bits per heavy atom. The largest absolute Gasteiger partial charge is 0.346 e. The molecule has 7 heteroatoms. The summed E-state index contributed by atoms with van der Waals surface area (Å²) in [4.78, 5) is 29.9. The first kappa shape index (κ1) is 17.7. The molecule has 0 spiro atoms. The second-order valence-electron chi connectivity index (χ2n) is 6.05. The maximum Gasteiger partial charge on any atom is 0.346 e. The number of hydrogen-bond acceptors (Lipinski definition) is 4. The molecule has 1 aromatic carbocycles. The monoisotopic (exact) mass is 374 g/mol. The van der Waals surface area contributed by atoms with Crippen LogP contribution in [0.3, 0.4) is 0 Å². The Bertz CT molecular complexity index is 1020. The number of rotatable bonds is 4. The number of amides is 1. The third-order valence-corrected chi connectivity index (χ3v) is 5.94. The van der Waals surface area contributed by atoms with Gasteiger partial charge in [-0.2, -0.15) is 4.57 Å². The quantitative estimate of drug-likeness (QED) is 0.564. The summed E-state index contributed by atoms with van der Waals surface area (Å²) in [5.41, 5.74) is 2.91. The van der Waals surface area contributed by atoms with Gasteiger partial charge in [0.05, 0.1) is 12.8 Å². The fraction of sp³-hybridized carbons (Fsp3) is 0.278. The summed E-state index contributed by atoms with van der Waals surface area (Å²) in [6.45, 7) is 5.93. The predicted molar refractivity (Wildman–Crippen MR) is 104 cm³/mol. The van der Waals surface area contributed by atoms with Crippen LogP contribution >= 0.6 is 23.1 Å². The van der Waals surface area contributed by atoms with Gasteiger partial charge in [0.1, 0.15) is 5.39 Å². The lowest BCUT2D eigenvalue weighted by atomic mass is 10.1. The molecule has 3 rings (SSSR count). The molecule has 0 bridgehead atoms. The highest BCUT2D eigenvalue weighted by Gasteiger charge is 2.18. The minimum Gasteiger partial charge on any atom is -0.325 e. The number of fused-ring (bicyclic) bond motifs is 1. The van der Waals surface area contributed by atoms with Crippen LogP contribution in [0.1, 0.15) is 16.0 Å². The lowest BCUT2D eigenvalue weighted by molar-refractivity contribution is -0.404. The van der Waals surface area contributed by atoms with Crippen molar-refractivity contribution in [3.8, 4) is 0 Å². The molecule has 130 valence electrons. The number of thiophene rings is 1. The Morgan fingerprint density at radius 3 is 2.80 bits per heavy atom. The van der Waals surface area contributed by atoms with Crippen LogP contribution in [0.2, 0.25) is 0 Å². The number of aromatic nitrogens is 2. The summed E-state index contributed by atoms with van der Waals surface area (Å²) < 4.78 is 1.56. The van der Waals surface area contributed by atoms with Crippen LogP contribution in [-0.2, 0) is 11.8 Å². The number of anilines is 1. The fourth-order valence-electron chi connectivity index (χ4n) is 2.54. The average molecular weight is 375 g/mol. The molecule has 0 aliphatic rings. The third-order valence-electron chi connectivity index (χ3n) is 3.92. The average Bonchev–Trinajstić information content (AvgIpc) is 2.93. The second-order valence-corrected chi connectivity index (χ2v) is 8.27. The molecule has 3 aromatic rings. The number of aromatic amines is 1. The number of benzene rings is 1. The molecule has 0 unspecified atom stereocenters. The zero-order valence-corrected chi connectivity index (χ0v) is 16.2. The van der Waals surface area contributed by atoms with Crippen LogP contribution in [0.4, 0.5) is 5.69 Å². The minimum atomic E-state index is -0.0954.